The largest absolute Gasteiger partial charge is 0.345 e. The van der Waals surface area contributed by atoms with Gasteiger partial charge in [-0.2, -0.15) is 5.26 Å². The fourth-order valence-corrected chi connectivity index (χ4v) is 2.52. The van der Waals surface area contributed by atoms with Gasteiger partial charge in [0.1, 0.15) is 11.6 Å². The Bertz CT molecular complexity index is 730. The molecule has 0 saturated heterocycles. The third-order valence-electron chi connectivity index (χ3n) is 3.44. The Hall–Kier alpha value is -2.51. The average molecular weight is 322 g/mol. The van der Waals surface area contributed by atoms with Crippen molar-refractivity contribution in [1.82, 2.24) is 5.32 Å². The van der Waals surface area contributed by atoms with Crippen molar-refractivity contribution in [3.05, 3.63) is 71.3 Å². The van der Waals surface area contributed by atoms with E-state index in [1.807, 2.05) is 73.8 Å². The van der Waals surface area contributed by atoms with Crippen LogP contribution in [0.25, 0.3) is 6.08 Å². The van der Waals surface area contributed by atoms with Gasteiger partial charge in [0.2, 0.25) is 0 Å². The molecule has 0 heterocycles. The van der Waals surface area contributed by atoms with Crippen LogP contribution in [0.3, 0.4) is 0 Å². The number of nitriles is 1. The monoisotopic (exact) mass is 322 g/mol. The van der Waals surface area contributed by atoms with Crippen LogP contribution in [0.2, 0.25) is 0 Å². The molecule has 0 spiro atoms. The lowest BCUT2D eigenvalue weighted by Gasteiger charge is -2.13. The summed E-state index contributed by atoms with van der Waals surface area (Å²) < 4.78 is 0. The van der Waals surface area contributed by atoms with Crippen molar-refractivity contribution >= 4 is 23.7 Å². The van der Waals surface area contributed by atoms with E-state index in [9.17, 15) is 10.1 Å². The van der Waals surface area contributed by atoms with E-state index in [1.54, 1.807) is 17.8 Å². The number of carbonyl (C=O) groups excluding carboxylic acids is 1. The van der Waals surface area contributed by atoms with Crippen LogP contribution >= 0.6 is 11.8 Å². The molecular weight excluding hydrogens is 304 g/mol. The van der Waals surface area contributed by atoms with E-state index in [0.717, 1.165) is 16.0 Å². The Labute approximate surface area is 141 Å². The number of amides is 1. The maximum Gasteiger partial charge on any atom is 0.262 e. The molecule has 0 aromatic heterocycles. The van der Waals surface area contributed by atoms with Gasteiger partial charge in [0.15, 0.2) is 0 Å². The molecule has 0 radical (unpaired) electrons. The highest BCUT2D eigenvalue weighted by molar-refractivity contribution is 7.98. The number of hydrogen-bond acceptors (Lipinski definition) is 3. The van der Waals surface area contributed by atoms with E-state index in [2.05, 4.69) is 5.32 Å². The molecule has 0 aliphatic rings. The molecule has 4 heteroatoms. The second kappa shape index (κ2) is 8.21. The molecule has 2 aromatic rings. The second-order valence-electron chi connectivity index (χ2n) is 5.05. The van der Waals surface area contributed by atoms with Gasteiger partial charge in [0, 0.05) is 4.90 Å². The van der Waals surface area contributed by atoms with E-state index in [0.29, 0.717) is 0 Å². The first-order valence-electron chi connectivity index (χ1n) is 7.25. The summed E-state index contributed by atoms with van der Waals surface area (Å²) in [5.41, 5.74) is 1.94. The van der Waals surface area contributed by atoms with Crippen LogP contribution in [0.1, 0.15) is 24.1 Å². The highest BCUT2D eigenvalue weighted by Crippen LogP contribution is 2.17. The van der Waals surface area contributed by atoms with Crippen LogP contribution < -0.4 is 5.32 Å². The lowest BCUT2D eigenvalue weighted by molar-refractivity contribution is -0.117. The van der Waals surface area contributed by atoms with Gasteiger partial charge in [-0.25, -0.2) is 0 Å². The van der Waals surface area contributed by atoms with E-state index in [1.165, 1.54) is 0 Å². The van der Waals surface area contributed by atoms with Crippen molar-refractivity contribution in [3.8, 4) is 6.07 Å². The predicted octanol–water partition coefficient (Wildman–Crippen LogP) is 4.19. The molecule has 0 aliphatic heterocycles. The Kier molecular flexibility index (Phi) is 6.02. The highest BCUT2D eigenvalue weighted by atomic mass is 32.2. The average Bonchev–Trinajstić information content (AvgIpc) is 2.60. The second-order valence-corrected chi connectivity index (χ2v) is 5.93. The number of benzene rings is 2. The molecule has 2 aromatic carbocycles. The molecule has 116 valence electrons. The van der Waals surface area contributed by atoms with Crippen LogP contribution in [-0.4, -0.2) is 12.2 Å². The summed E-state index contributed by atoms with van der Waals surface area (Å²) in [7, 11) is 0. The quantitative estimate of drug-likeness (QED) is 0.510. The molecule has 23 heavy (non-hydrogen) atoms. The maximum atomic E-state index is 12.3. The summed E-state index contributed by atoms with van der Waals surface area (Å²) in [4.78, 5) is 13.4. The summed E-state index contributed by atoms with van der Waals surface area (Å²) in [6.07, 6.45) is 3.61. The van der Waals surface area contributed by atoms with Crippen LogP contribution in [0.4, 0.5) is 0 Å². The first-order valence-corrected chi connectivity index (χ1v) is 8.48. The van der Waals surface area contributed by atoms with E-state index in [4.69, 9.17) is 0 Å². The summed E-state index contributed by atoms with van der Waals surface area (Å²) in [5, 5.41) is 12.1. The van der Waals surface area contributed by atoms with Gasteiger partial charge in [-0.1, -0.05) is 42.5 Å². The molecule has 0 saturated carbocycles. The minimum atomic E-state index is -0.363. The zero-order chi connectivity index (χ0) is 16.7. The molecular formula is C19H18N2OS. The van der Waals surface area contributed by atoms with E-state index < -0.39 is 0 Å². The molecule has 2 rings (SSSR count). The molecule has 0 bridgehead atoms. The normalized spacial score (nSPS) is 12.3. The van der Waals surface area contributed by atoms with Crippen molar-refractivity contribution in [1.29, 1.82) is 5.26 Å². The Balaban J connectivity index is 2.11. The standard InChI is InChI=1S/C19H18N2OS/c1-14(16-6-4-3-5-7-16)21-19(22)17(13-20)12-15-8-10-18(23-2)11-9-15/h3-12,14H,1-2H3,(H,21,22)/b17-12-/t14-/m0/s1. The topological polar surface area (TPSA) is 52.9 Å². The Morgan fingerprint density at radius 3 is 2.39 bits per heavy atom. The van der Waals surface area contributed by atoms with Gasteiger partial charge in [0.25, 0.3) is 5.91 Å². The van der Waals surface area contributed by atoms with Crippen LogP contribution in [0.5, 0.6) is 0 Å². The number of nitrogens with one attached hydrogen (secondary N) is 1. The Morgan fingerprint density at radius 2 is 1.83 bits per heavy atom. The van der Waals surface area contributed by atoms with Crippen molar-refractivity contribution in [2.75, 3.05) is 6.26 Å². The maximum absolute atomic E-state index is 12.3. The zero-order valence-electron chi connectivity index (χ0n) is 13.1. The van der Waals surface area contributed by atoms with Gasteiger partial charge in [-0.05, 0) is 42.5 Å². The molecule has 1 atom stereocenters. The van der Waals surface area contributed by atoms with Crippen LogP contribution in [0, 0.1) is 11.3 Å². The molecule has 0 aliphatic carbocycles. The number of thioether (sulfide) groups is 1. The van der Waals surface area contributed by atoms with Gasteiger partial charge in [-0.15, -0.1) is 11.8 Å². The molecule has 0 fully saturated rings. The molecule has 1 amide bonds. The molecule has 0 unspecified atom stereocenters. The summed E-state index contributed by atoms with van der Waals surface area (Å²) in [6.45, 7) is 1.90. The van der Waals surface area contributed by atoms with Crippen molar-refractivity contribution in [2.24, 2.45) is 0 Å². The predicted molar refractivity (Wildman–Crippen MR) is 94.8 cm³/mol. The first-order chi connectivity index (χ1) is 11.1. The van der Waals surface area contributed by atoms with Crippen LogP contribution in [-0.2, 0) is 4.79 Å². The lowest BCUT2D eigenvalue weighted by Crippen LogP contribution is -2.27. The molecule has 3 nitrogen and oxygen atoms in total. The van der Waals surface area contributed by atoms with Crippen molar-refractivity contribution in [2.45, 2.75) is 17.9 Å². The lowest BCUT2D eigenvalue weighted by atomic mass is 10.1. The molecule has 1 N–H and O–H groups in total. The van der Waals surface area contributed by atoms with E-state index >= 15 is 0 Å². The number of rotatable bonds is 5. The summed E-state index contributed by atoms with van der Waals surface area (Å²) in [6, 6.07) is 19.2. The minimum absolute atomic E-state index is 0.102. The summed E-state index contributed by atoms with van der Waals surface area (Å²) in [5.74, 6) is -0.363. The van der Waals surface area contributed by atoms with Crippen LogP contribution in [0.15, 0.2) is 65.1 Å². The third kappa shape index (κ3) is 4.73. The number of carbonyl (C=O) groups is 1. The van der Waals surface area contributed by atoms with Crippen molar-refractivity contribution < 1.29 is 4.79 Å². The van der Waals surface area contributed by atoms with Crippen molar-refractivity contribution in [3.63, 3.8) is 0 Å². The highest BCUT2D eigenvalue weighted by Gasteiger charge is 2.13. The number of hydrogen-bond donors (Lipinski definition) is 1. The fourth-order valence-electron chi connectivity index (χ4n) is 2.11. The van der Waals surface area contributed by atoms with E-state index in [-0.39, 0.29) is 17.5 Å². The number of nitrogens with zero attached hydrogens (tertiary/aromatic N) is 1. The fraction of sp³-hybridized carbons (Fsp3) is 0.158. The first kappa shape index (κ1) is 16.9. The summed E-state index contributed by atoms with van der Waals surface area (Å²) >= 11 is 1.65. The SMILES string of the molecule is CSc1ccc(/C=C(/C#N)C(=O)N[C@@H](C)c2ccccc2)cc1. The zero-order valence-corrected chi connectivity index (χ0v) is 13.9. The minimum Gasteiger partial charge on any atom is -0.345 e. The Morgan fingerprint density at radius 1 is 1.17 bits per heavy atom. The van der Waals surface area contributed by atoms with Gasteiger partial charge < -0.3 is 5.32 Å². The smallest absolute Gasteiger partial charge is 0.262 e. The van der Waals surface area contributed by atoms with Gasteiger partial charge in [-0.3, -0.25) is 4.79 Å². The van der Waals surface area contributed by atoms with Gasteiger partial charge in [0.05, 0.1) is 6.04 Å². The third-order valence-corrected chi connectivity index (χ3v) is 4.18. The van der Waals surface area contributed by atoms with Gasteiger partial charge >= 0.3 is 0 Å².